The number of hydrogen-bond acceptors (Lipinski definition) is 6. The molecule has 0 spiro atoms. The van der Waals surface area contributed by atoms with E-state index >= 15 is 0 Å². The monoisotopic (exact) mass is 452 g/mol. The highest BCUT2D eigenvalue weighted by atomic mass is 16.7. The number of rotatable bonds is 3. The minimum atomic E-state index is -0.504. The van der Waals surface area contributed by atoms with Gasteiger partial charge in [0, 0.05) is 29.4 Å². The standard InChI is InChI=1S/C24H33BN4O4/c1-23(2)24(3,4)33-25(32-23)22-16-14-26-28(20-9-5-7-11-30-20)18(16)13-19-17(22)15-27-29(19)21-10-6-8-12-31-21/h13-15,20-21H,5-12H2,1-4H3. The first-order valence-electron chi connectivity index (χ1n) is 12.3. The van der Waals surface area contributed by atoms with E-state index < -0.39 is 18.3 Å². The molecule has 5 heterocycles. The van der Waals surface area contributed by atoms with Gasteiger partial charge in [-0.3, -0.25) is 0 Å². The molecule has 0 radical (unpaired) electrons. The highest BCUT2D eigenvalue weighted by Crippen LogP contribution is 2.39. The van der Waals surface area contributed by atoms with Crippen LogP contribution in [0.25, 0.3) is 21.8 Å². The Balaban J connectivity index is 1.55. The van der Waals surface area contributed by atoms with Crippen LogP contribution in [0.15, 0.2) is 18.5 Å². The predicted octanol–water partition coefficient (Wildman–Crippen LogP) is 4.08. The molecule has 176 valence electrons. The molecule has 0 bridgehead atoms. The van der Waals surface area contributed by atoms with Crippen molar-refractivity contribution in [3.05, 3.63) is 18.5 Å². The second-order valence-corrected chi connectivity index (χ2v) is 10.6. The van der Waals surface area contributed by atoms with E-state index in [4.69, 9.17) is 29.0 Å². The fourth-order valence-corrected chi connectivity index (χ4v) is 5.23. The topological polar surface area (TPSA) is 72.6 Å². The van der Waals surface area contributed by atoms with Crippen LogP contribution in [0.1, 0.15) is 78.7 Å². The van der Waals surface area contributed by atoms with Crippen molar-refractivity contribution in [3.8, 4) is 0 Å². The first kappa shape index (κ1) is 21.6. The largest absolute Gasteiger partial charge is 0.496 e. The predicted molar refractivity (Wildman–Crippen MR) is 126 cm³/mol. The Hall–Kier alpha value is -1.94. The Morgan fingerprint density at radius 2 is 1.27 bits per heavy atom. The van der Waals surface area contributed by atoms with Gasteiger partial charge in [-0.05, 0) is 72.3 Å². The van der Waals surface area contributed by atoms with Crippen LogP contribution in [0.4, 0.5) is 0 Å². The van der Waals surface area contributed by atoms with Gasteiger partial charge in [0.2, 0.25) is 0 Å². The molecule has 3 aliphatic heterocycles. The van der Waals surface area contributed by atoms with Crippen LogP contribution in [-0.2, 0) is 18.8 Å². The molecule has 2 aromatic heterocycles. The third kappa shape index (κ3) is 3.43. The van der Waals surface area contributed by atoms with Gasteiger partial charge in [-0.1, -0.05) is 0 Å². The van der Waals surface area contributed by atoms with Crippen LogP contribution in [0.5, 0.6) is 0 Å². The van der Waals surface area contributed by atoms with Crippen molar-refractivity contribution in [2.75, 3.05) is 13.2 Å². The summed E-state index contributed by atoms with van der Waals surface area (Å²) < 4.78 is 29.3. The maximum Gasteiger partial charge on any atom is 0.496 e. The van der Waals surface area contributed by atoms with Crippen molar-refractivity contribution in [1.82, 2.24) is 19.6 Å². The smallest absolute Gasteiger partial charge is 0.399 e. The summed E-state index contributed by atoms with van der Waals surface area (Å²) >= 11 is 0. The van der Waals surface area contributed by atoms with Gasteiger partial charge in [-0.25, -0.2) is 9.36 Å². The molecule has 9 heteroatoms. The molecule has 0 aliphatic carbocycles. The molecule has 2 unspecified atom stereocenters. The zero-order chi connectivity index (χ0) is 22.8. The molecular formula is C24H33BN4O4. The van der Waals surface area contributed by atoms with Crippen molar-refractivity contribution >= 4 is 34.4 Å². The van der Waals surface area contributed by atoms with Gasteiger partial charge >= 0.3 is 7.12 Å². The van der Waals surface area contributed by atoms with E-state index in [2.05, 4.69) is 33.8 Å². The Kier molecular flexibility index (Phi) is 5.10. The van der Waals surface area contributed by atoms with E-state index in [0.29, 0.717) is 0 Å². The highest BCUT2D eigenvalue weighted by molar-refractivity contribution is 6.68. The number of benzene rings is 1. The van der Waals surface area contributed by atoms with Crippen molar-refractivity contribution in [1.29, 1.82) is 0 Å². The molecule has 3 aliphatic rings. The zero-order valence-electron chi connectivity index (χ0n) is 20.0. The number of ether oxygens (including phenoxy) is 2. The lowest BCUT2D eigenvalue weighted by atomic mass is 9.75. The molecule has 8 nitrogen and oxygen atoms in total. The van der Waals surface area contributed by atoms with Gasteiger partial charge in [0.1, 0.15) is 0 Å². The summed E-state index contributed by atoms with van der Waals surface area (Å²) in [7, 11) is -0.504. The lowest BCUT2D eigenvalue weighted by Gasteiger charge is -2.32. The summed E-state index contributed by atoms with van der Waals surface area (Å²) in [4.78, 5) is 0. The van der Waals surface area contributed by atoms with E-state index in [0.717, 1.165) is 79.0 Å². The van der Waals surface area contributed by atoms with Gasteiger partial charge in [0.15, 0.2) is 12.5 Å². The van der Waals surface area contributed by atoms with E-state index in [-0.39, 0.29) is 12.5 Å². The third-order valence-corrected chi connectivity index (χ3v) is 7.87. The lowest BCUT2D eigenvalue weighted by molar-refractivity contribution is -0.0371. The molecule has 0 N–H and O–H groups in total. The summed E-state index contributed by atoms with van der Waals surface area (Å²) in [6, 6.07) is 2.19. The molecule has 3 saturated heterocycles. The fraction of sp³-hybridized carbons (Fsp3) is 0.667. The molecule has 33 heavy (non-hydrogen) atoms. The highest BCUT2D eigenvalue weighted by Gasteiger charge is 2.53. The summed E-state index contributed by atoms with van der Waals surface area (Å²) in [6.07, 6.45) is 10.2. The molecule has 2 atom stereocenters. The Morgan fingerprint density at radius 1 is 0.788 bits per heavy atom. The number of fused-ring (bicyclic) bond motifs is 2. The van der Waals surface area contributed by atoms with Gasteiger partial charge in [0.05, 0.1) is 34.6 Å². The minimum Gasteiger partial charge on any atom is -0.399 e. The van der Waals surface area contributed by atoms with E-state index in [9.17, 15) is 0 Å². The summed E-state index contributed by atoms with van der Waals surface area (Å²) in [5.74, 6) is 0. The number of nitrogens with zero attached hydrogens (tertiary/aromatic N) is 4. The van der Waals surface area contributed by atoms with Crippen molar-refractivity contribution < 1.29 is 18.8 Å². The van der Waals surface area contributed by atoms with Crippen LogP contribution in [0, 0.1) is 0 Å². The maximum absolute atomic E-state index is 6.52. The normalized spacial score (nSPS) is 27.6. The first-order valence-corrected chi connectivity index (χ1v) is 12.3. The van der Waals surface area contributed by atoms with Crippen LogP contribution < -0.4 is 5.46 Å². The molecule has 0 amide bonds. The van der Waals surface area contributed by atoms with E-state index in [1.54, 1.807) is 0 Å². The fourth-order valence-electron chi connectivity index (χ4n) is 5.23. The lowest BCUT2D eigenvalue weighted by Crippen LogP contribution is -2.41. The summed E-state index contributed by atoms with van der Waals surface area (Å²) in [5.41, 5.74) is 2.17. The molecule has 6 rings (SSSR count). The summed E-state index contributed by atoms with van der Waals surface area (Å²) in [6.45, 7) is 9.88. The zero-order valence-corrected chi connectivity index (χ0v) is 20.0. The molecule has 3 fully saturated rings. The second kappa shape index (κ2) is 7.80. The van der Waals surface area contributed by atoms with Gasteiger partial charge in [-0.2, -0.15) is 10.2 Å². The minimum absolute atomic E-state index is 0.0536. The quantitative estimate of drug-likeness (QED) is 0.558. The Bertz CT molecular complexity index is 1090. The molecule has 0 saturated carbocycles. The van der Waals surface area contributed by atoms with Gasteiger partial charge in [-0.15, -0.1) is 0 Å². The van der Waals surface area contributed by atoms with Gasteiger partial charge < -0.3 is 18.8 Å². The first-order chi connectivity index (χ1) is 15.9. The van der Waals surface area contributed by atoms with Crippen molar-refractivity contribution in [2.24, 2.45) is 0 Å². The van der Waals surface area contributed by atoms with Crippen LogP contribution >= 0.6 is 0 Å². The average Bonchev–Trinajstić information content (AvgIpc) is 3.47. The summed E-state index contributed by atoms with van der Waals surface area (Å²) in [5, 5.41) is 11.6. The van der Waals surface area contributed by atoms with Crippen molar-refractivity contribution in [3.63, 3.8) is 0 Å². The van der Waals surface area contributed by atoms with Crippen LogP contribution in [0.3, 0.4) is 0 Å². The molecular weight excluding hydrogens is 419 g/mol. The Morgan fingerprint density at radius 3 is 1.70 bits per heavy atom. The van der Waals surface area contributed by atoms with Gasteiger partial charge in [0.25, 0.3) is 0 Å². The molecule has 3 aromatic rings. The van der Waals surface area contributed by atoms with E-state index in [1.165, 1.54) is 0 Å². The average molecular weight is 452 g/mol. The van der Waals surface area contributed by atoms with Crippen LogP contribution in [0.2, 0.25) is 0 Å². The van der Waals surface area contributed by atoms with Crippen molar-refractivity contribution in [2.45, 2.75) is 89.9 Å². The maximum atomic E-state index is 6.52. The molecule has 1 aromatic carbocycles. The van der Waals surface area contributed by atoms with E-state index in [1.807, 2.05) is 21.8 Å². The third-order valence-electron chi connectivity index (χ3n) is 7.87. The second-order valence-electron chi connectivity index (χ2n) is 10.6. The number of hydrogen-bond donors (Lipinski definition) is 0. The Labute approximate surface area is 194 Å². The van der Waals surface area contributed by atoms with Crippen LogP contribution in [-0.4, -0.2) is 51.1 Å². The number of aromatic nitrogens is 4. The SMILES string of the molecule is CC1(C)OB(c2c3cnn(C4CCCCO4)c3cc3c2cnn3C2CCCCO2)OC1(C)C.